The van der Waals surface area contributed by atoms with E-state index in [0.717, 1.165) is 22.9 Å². The van der Waals surface area contributed by atoms with E-state index in [-0.39, 0.29) is 20.4 Å². The Hall–Kier alpha value is -2.74. The summed E-state index contributed by atoms with van der Waals surface area (Å²) in [4.78, 5) is 0. The summed E-state index contributed by atoms with van der Waals surface area (Å²) >= 11 is -0.0248. The first-order valence-corrected chi connectivity index (χ1v) is 18.8. The van der Waals surface area contributed by atoms with Gasteiger partial charge in [-0.1, -0.05) is 65.5 Å². The Morgan fingerprint density at radius 2 is 1.27 bits per heavy atom. The first kappa shape index (κ1) is 32.6. The normalized spacial score (nSPS) is 17.5. The molecule has 2 unspecified atom stereocenters. The summed E-state index contributed by atoms with van der Waals surface area (Å²) in [6.07, 6.45) is 21.9. The number of aryl methyl sites for hydroxylation is 1. The molecule has 1 aliphatic carbocycles. The summed E-state index contributed by atoms with van der Waals surface area (Å²) < 4.78 is 9.47. The third-order valence-electron chi connectivity index (χ3n) is 10.2. The van der Waals surface area contributed by atoms with Gasteiger partial charge in [-0.05, 0) is 6.92 Å². The van der Waals surface area contributed by atoms with Gasteiger partial charge in [-0.15, -0.1) is 0 Å². The van der Waals surface area contributed by atoms with Crippen LogP contribution in [0.1, 0.15) is 132 Å². The quantitative estimate of drug-likeness (QED) is 0.0944. The zero-order valence-corrected chi connectivity index (χ0v) is 29.7. The molecule has 0 bridgehead atoms. The molecule has 0 N–H and O–H groups in total. The van der Waals surface area contributed by atoms with Crippen molar-refractivity contribution in [2.24, 2.45) is 11.8 Å². The predicted octanol–water partition coefficient (Wildman–Crippen LogP) is 11.7. The van der Waals surface area contributed by atoms with Crippen molar-refractivity contribution in [3.8, 4) is 11.1 Å². The van der Waals surface area contributed by atoms with Crippen LogP contribution in [-0.4, -0.2) is 22.9 Å². The van der Waals surface area contributed by atoms with Gasteiger partial charge in [0.1, 0.15) is 0 Å². The monoisotopic (exact) mass is 652 g/mol. The zero-order valence-electron chi connectivity index (χ0n) is 28.0. The van der Waals surface area contributed by atoms with Crippen LogP contribution in [0.25, 0.3) is 40.4 Å². The van der Waals surface area contributed by atoms with Crippen LogP contribution in [0.2, 0.25) is 0 Å². The molecule has 3 heteroatoms. The third-order valence-corrected chi connectivity index (χ3v) is 11.3. The molecule has 44 heavy (non-hydrogen) atoms. The van der Waals surface area contributed by atoms with Crippen LogP contribution >= 0.6 is 0 Å². The molecular formula is C41H52N2Se. The molecule has 1 aliphatic rings. The number of rotatable bonds is 15. The molecule has 5 rings (SSSR count). The van der Waals surface area contributed by atoms with Crippen molar-refractivity contribution in [2.45, 2.75) is 111 Å². The summed E-state index contributed by atoms with van der Waals surface area (Å²) in [5.41, 5.74) is 13.3. The number of hydrogen-bond donors (Lipinski definition) is 0. The van der Waals surface area contributed by atoms with Crippen LogP contribution in [0.15, 0.2) is 54.6 Å². The second kappa shape index (κ2) is 15.0. The first-order chi connectivity index (χ1) is 21.5. The molecule has 2 nitrogen and oxygen atoms in total. The van der Waals surface area contributed by atoms with Crippen LogP contribution in [0.5, 0.6) is 0 Å². The van der Waals surface area contributed by atoms with Crippen LogP contribution < -0.4 is 0 Å². The summed E-state index contributed by atoms with van der Waals surface area (Å²) in [6.45, 7) is 13.8. The van der Waals surface area contributed by atoms with E-state index in [2.05, 4.69) is 114 Å². The second-order valence-corrected chi connectivity index (χ2v) is 14.3. The van der Waals surface area contributed by atoms with Crippen molar-refractivity contribution >= 4 is 44.2 Å². The fraction of sp³-hybridized carbons (Fsp3) is 0.463. The standard InChI is InChI=1S/C41H52N2Se/c1-7-12-15-30(10-4)27-41(28-31(11-5)16-13-8-2)37-25-32(14-9-3)19-23-35(37)36-24-20-33(26-38(36)41)18-22-34-21-17-29(6)39-40(34)43-44-42-39/h9,14,17-26,30-31H,7-8,10-13,15-16,27-28H2,1-6H3/b14-9+,22-18+. The van der Waals surface area contributed by atoms with Crippen molar-refractivity contribution in [1.29, 1.82) is 0 Å². The average Bonchev–Trinajstić information content (AvgIpc) is 3.64. The van der Waals surface area contributed by atoms with E-state index >= 15 is 0 Å². The van der Waals surface area contributed by atoms with E-state index in [4.69, 9.17) is 7.96 Å². The van der Waals surface area contributed by atoms with Gasteiger partial charge in [0, 0.05) is 0 Å². The van der Waals surface area contributed by atoms with E-state index in [1.165, 1.54) is 97.6 Å². The Bertz CT molecular complexity index is 1590. The Labute approximate surface area is 273 Å². The molecule has 0 radical (unpaired) electrons. The molecule has 232 valence electrons. The van der Waals surface area contributed by atoms with Crippen LogP contribution in [0.4, 0.5) is 0 Å². The molecular weight excluding hydrogens is 599 g/mol. The fourth-order valence-electron chi connectivity index (χ4n) is 7.66. The predicted molar refractivity (Wildman–Crippen MR) is 193 cm³/mol. The van der Waals surface area contributed by atoms with Gasteiger partial charge in [0.05, 0.1) is 0 Å². The van der Waals surface area contributed by atoms with Crippen LogP contribution in [0, 0.1) is 18.8 Å². The zero-order chi connectivity index (χ0) is 31.1. The van der Waals surface area contributed by atoms with Gasteiger partial charge in [0.2, 0.25) is 0 Å². The van der Waals surface area contributed by atoms with E-state index in [9.17, 15) is 0 Å². The molecule has 1 heterocycles. The fourth-order valence-corrected chi connectivity index (χ4v) is 8.97. The third kappa shape index (κ3) is 6.75. The van der Waals surface area contributed by atoms with Gasteiger partial charge in [-0.3, -0.25) is 0 Å². The van der Waals surface area contributed by atoms with Gasteiger partial charge in [-0.2, -0.15) is 0 Å². The molecule has 2 atom stereocenters. The molecule has 0 fully saturated rings. The number of unbranched alkanes of at least 4 members (excludes halogenated alkanes) is 2. The number of hydrogen-bond acceptors (Lipinski definition) is 2. The van der Waals surface area contributed by atoms with Crippen molar-refractivity contribution in [1.82, 2.24) is 7.96 Å². The number of aromatic nitrogens is 2. The molecule has 4 aromatic rings. The van der Waals surface area contributed by atoms with Gasteiger partial charge < -0.3 is 0 Å². The molecule has 0 spiro atoms. The van der Waals surface area contributed by atoms with Gasteiger partial charge in [0.15, 0.2) is 0 Å². The van der Waals surface area contributed by atoms with Gasteiger partial charge >= 0.3 is 202 Å². The first-order valence-electron chi connectivity index (χ1n) is 17.3. The van der Waals surface area contributed by atoms with Gasteiger partial charge in [-0.25, -0.2) is 0 Å². The number of nitrogens with zero attached hydrogens (tertiary/aromatic N) is 2. The Morgan fingerprint density at radius 1 is 0.705 bits per heavy atom. The Kier molecular flexibility index (Phi) is 11.1. The minimum absolute atomic E-state index is 0.0248. The minimum atomic E-state index is -0.0248. The van der Waals surface area contributed by atoms with Crippen LogP contribution in [-0.2, 0) is 5.41 Å². The maximum absolute atomic E-state index is 4.78. The van der Waals surface area contributed by atoms with E-state index in [1.54, 1.807) is 11.1 Å². The Balaban J connectivity index is 1.66. The van der Waals surface area contributed by atoms with Crippen molar-refractivity contribution in [3.63, 3.8) is 0 Å². The molecule has 1 aromatic heterocycles. The maximum atomic E-state index is 4.78. The van der Waals surface area contributed by atoms with E-state index in [0.29, 0.717) is 0 Å². The summed E-state index contributed by atoms with van der Waals surface area (Å²) in [7, 11) is 0. The van der Waals surface area contributed by atoms with Crippen LogP contribution in [0.3, 0.4) is 0 Å². The van der Waals surface area contributed by atoms with Crippen molar-refractivity contribution in [3.05, 3.63) is 88.0 Å². The molecule has 3 aromatic carbocycles. The average molecular weight is 652 g/mol. The number of allylic oxidation sites excluding steroid dienone is 1. The molecule has 0 aliphatic heterocycles. The summed E-state index contributed by atoms with van der Waals surface area (Å²) in [5.74, 6) is 1.45. The number of benzene rings is 3. The topological polar surface area (TPSA) is 25.8 Å². The van der Waals surface area contributed by atoms with Crippen molar-refractivity contribution in [2.75, 3.05) is 0 Å². The van der Waals surface area contributed by atoms with Gasteiger partial charge in [0.25, 0.3) is 0 Å². The van der Waals surface area contributed by atoms with E-state index < -0.39 is 0 Å². The molecule has 0 amide bonds. The molecule has 0 saturated heterocycles. The molecule has 0 saturated carbocycles. The second-order valence-electron chi connectivity index (χ2n) is 13.2. The SMILES string of the molecule is C/C=C/c1ccc2c(c1)C(CC(CC)CCCC)(CC(CC)CCCC)c1cc(/C=C/c3ccc(C)c4n[se]nc34)ccc1-2. The summed E-state index contributed by atoms with van der Waals surface area (Å²) in [5, 5.41) is 0. The van der Waals surface area contributed by atoms with Crippen molar-refractivity contribution < 1.29 is 0 Å². The summed E-state index contributed by atoms with van der Waals surface area (Å²) in [6, 6.07) is 19.0. The Morgan fingerprint density at radius 3 is 1.82 bits per heavy atom. The number of fused-ring (bicyclic) bond motifs is 4. The van der Waals surface area contributed by atoms with E-state index in [1.807, 2.05) is 0 Å².